The SMILES string of the molecule is COCCOC1CCN(c2ccc(Cl)cc2C#N)CC1. The minimum absolute atomic E-state index is 0.291. The highest BCUT2D eigenvalue weighted by Crippen LogP contribution is 2.27. The van der Waals surface area contributed by atoms with Crippen LogP contribution in [0, 0.1) is 11.3 Å². The van der Waals surface area contributed by atoms with Crippen LogP contribution in [0.2, 0.25) is 5.02 Å². The van der Waals surface area contributed by atoms with Crippen molar-refractivity contribution in [2.24, 2.45) is 0 Å². The topological polar surface area (TPSA) is 45.5 Å². The van der Waals surface area contributed by atoms with Gasteiger partial charge in [-0.25, -0.2) is 0 Å². The standard InChI is InChI=1S/C15H19ClN2O2/c1-19-8-9-20-14-4-6-18(7-5-14)15-3-2-13(16)10-12(15)11-17/h2-3,10,14H,4-9H2,1H3. The lowest BCUT2D eigenvalue weighted by Gasteiger charge is -2.34. The van der Waals surface area contributed by atoms with Crippen molar-refractivity contribution in [1.29, 1.82) is 5.26 Å². The summed E-state index contributed by atoms with van der Waals surface area (Å²) in [4.78, 5) is 2.23. The molecule has 0 bridgehead atoms. The molecule has 0 saturated carbocycles. The number of ether oxygens (including phenoxy) is 2. The van der Waals surface area contributed by atoms with Crippen LogP contribution in [0.5, 0.6) is 0 Å². The molecule has 1 saturated heterocycles. The van der Waals surface area contributed by atoms with Gasteiger partial charge in [-0.3, -0.25) is 0 Å². The predicted octanol–water partition coefficient (Wildman–Crippen LogP) is 2.84. The number of rotatable bonds is 5. The molecule has 1 aromatic rings. The normalized spacial score (nSPS) is 16.1. The van der Waals surface area contributed by atoms with Crippen LogP contribution in [0.4, 0.5) is 5.69 Å². The molecule has 1 aliphatic rings. The first kappa shape index (κ1) is 15.1. The van der Waals surface area contributed by atoms with Gasteiger partial charge in [0.05, 0.1) is 30.6 Å². The van der Waals surface area contributed by atoms with E-state index < -0.39 is 0 Å². The van der Waals surface area contributed by atoms with Gasteiger partial charge in [0.1, 0.15) is 6.07 Å². The third-order valence-electron chi connectivity index (χ3n) is 3.50. The number of nitriles is 1. The summed E-state index contributed by atoms with van der Waals surface area (Å²) in [6.45, 7) is 3.07. The molecule has 20 heavy (non-hydrogen) atoms. The van der Waals surface area contributed by atoms with Gasteiger partial charge < -0.3 is 14.4 Å². The Kier molecular flexibility index (Phi) is 5.66. The lowest BCUT2D eigenvalue weighted by Crippen LogP contribution is -2.37. The average molecular weight is 295 g/mol. The third-order valence-corrected chi connectivity index (χ3v) is 3.74. The second kappa shape index (κ2) is 7.49. The number of hydrogen-bond donors (Lipinski definition) is 0. The Morgan fingerprint density at radius 1 is 1.35 bits per heavy atom. The van der Waals surface area contributed by atoms with Crippen LogP contribution in [-0.2, 0) is 9.47 Å². The van der Waals surface area contributed by atoms with Crippen molar-refractivity contribution in [2.45, 2.75) is 18.9 Å². The van der Waals surface area contributed by atoms with E-state index in [-0.39, 0.29) is 0 Å². The first-order valence-electron chi connectivity index (χ1n) is 6.79. The first-order valence-corrected chi connectivity index (χ1v) is 7.17. The molecule has 0 radical (unpaired) electrons. The van der Waals surface area contributed by atoms with E-state index in [1.54, 1.807) is 13.2 Å². The molecule has 1 aromatic carbocycles. The molecule has 2 rings (SSSR count). The largest absolute Gasteiger partial charge is 0.382 e. The van der Waals surface area contributed by atoms with Crippen molar-refractivity contribution in [3.8, 4) is 6.07 Å². The number of methoxy groups -OCH3 is 1. The van der Waals surface area contributed by atoms with Crippen LogP contribution in [0.3, 0.4) is 0 Å². The summed E-state index contributed by atoms with van der Waals surface area (Å²) < 4.78 is 10.7. The highest BCUT2D eigenvalue weighted by Gasteiger charge is 2.21. The van der Waals surface area contributed by atoms with Crippen molar-refractivity contribution in [3.05, 3.63) is 28.8 Å². The molecule has 4 nitrogen and oxygen atoms in total. The molecular formula is C15H19ClN2O2. The van der Waals surface area contributed by atoms with Crippen molar-refractivity contribution in [2.75, 3.05) is 38.3 Å². The van der Waals surface area contributed by atoms with Gasteiger partial charge in [-0.2, -0.15) is 5.26 Å². The summed E-state index contributed by atoms with van der Waals surface area (Å²) in [6.07, 6.45) is 2.23. The second-order valence-corrected chi connectivity index (χ2v) is 5.26. The number of benzene rings is 1. The number of halogens is 1. The molecule has 1 aliphatic heterocycles. The highest BCUT2D eigenvalue weighted by molar-refractivity contribution is 6.30. The fourth-order valence-corrected chi connectivity index (χ4v) is 2.61. The van der Waals surface area contributed by atoms with E-state index >= 15 is 0 Å². The minimum Gasteiger partial charge on any atom is -0.382 e. The lowest BCUT2D eigenvalue weighted by atomic mass is 10.1. The van der Waals surface area contributed by atoms with E-state index in [0.717, 1.165) is 31.6 Å². The van der Waals surface area contributed by atoms with E-state index in [2.05, 4.69) is 11.0 Å². The number of nitrogens with zero attached hydrogens (tertiary/aromatic N) is 2. The Morgan fingerprint density at radius 3 is 2.75 bits per heavy atom. The van der Waals surface area contributed by atoms with E-state index in [4.69, 9.17) is 21.1 Å². The zero-order chi connectivity index (χ0) is 14.4. The number of piperidine rings is 1. The van der Waals surface area contributed by atoms with Crippen molar-refractivity contribution >= 4 is 17.3 Å². The molecule has 1 fully saturated rings. The van der Waals surface area contributed by atoms with Crippen LogP contribution < -0.4 is 4.90 Å². The Hall–Kier alpha value is -1.28. The molecule has 0 unspecified atom stereocenters. The van der Waals surface area contributed by atoms with Gasteiger partial charge in [0.25, 0.3) is 0 Å². The summed E-state index contributed by atoms with van der Waals surface area (Å²) in [7, 11) is 1.68. The summed E-state index contributed by atoms with van der Waals surface area (Å²) in [5, 5.41) is 9.79. The van der Waals surface area contributed by atoms with Crippen LogP contribution in [0.15, 0.2) is 18.2 Å². The first-order chi connectivity index (χ1) is 9.74. The molecule has 0 spiro atoms. The lowest BCUT2D eigenvalue weighted by molar-refractivity contribution is 0.00610. The van der Waals surface area contributed by atoms with Crippen LogP contribution in [-0.4, -0.2) is 39.5 Å². The summed E-state index contributed by atoms with van der Waals surface area (Å²) in [5.74, 6) is 0. The van der Waals surface area contributed by atoms with Gasteiger partial charge in [0, 0.05) is 25.2 Å². The zero-order valence-corrected chi connectivity index (χ0v) is 12.4. The Balaban J connectivity index is 1.92. The van der Waals surface area contributed by atoms with E-state index in [0.29, 0.717) is 29.9 Å². The van der Waals surface area contributed by atoms with Gasteiger partial charge in [0.15, 0.2) is 0 Å². The van der Waals surface area contributed by atoms with Crippen LogP contribution in [0.25, 0.3) is 0 Å². The molecule has 108 valence electrons. The van der Waals surface area contributed by atoms with Gasteiger partial charge in [0.2, 0.25) is 0 Å². The molecule has 0 aromatic heterocycles. The Morgan fingerprint density at radius 2 is 2.10 bits per heavy atom. The summed E-state index contributed by atoms with van der Waals surface area (Å²) >= 11 is 5.93. The molecule has 0 amide bonds. The third kappa shape index (κ3) is 3.86. The van der Waals surface area contributed by atoms with E-state index in [1.807, 2.05) is 12.1 Å². The van der Waals surface area contributed by atoms with E-state index in [1.165, 1.54) is 0 Å². The molecule has 0 N–H and O–H groups in total. The molecule has 0 atom stereocenters. The van der Waals surface area contributed by atoms with E-state index in [9.17, 15) is 5.26 Å². The molecule has 5 heteroatoms. The Bertz CT molecular complexity index is 479. The fourth-order valence-electron chi connectivity index (χ4n) is 2.44. The molecule has 1 heterocycles. The maximum atomic E-state index is 9.19. The molecular weight excluding hydrogens is 276 g/mol. The second-order valence-electron chi connectivity index (χ2n) is 4.82. The van der Waals surface area contributed by atoms with Gasteiger partial charge in [-0.05, 0) is 31.0 Å². The monoisotopic (exact) mass is 294 g/mol. The van der Waals surface area contributed by atoms with Crippen molar-refractivity contribution in [1.82, 2.24) is 0 Å². The summed E-state index contributed by atoms with van der Waals surface area (Å²) in [5.41, 5.74) is 1.60. The van der Waals surface area contributed by atoms with Gasteiger partial charge in [-0.1, -0.05) is 11.6 Å². The minimum atomic E-state index is 0.291. The van der Waals surface area contributed by atoms with Crippen LogP contribution in [0.1, 0.15) is 18.4 Å². The smallest absolute Gasteiger partial charge is 0.101 e. The highest BCUT2D eigenvalue weighted by atomic mass is 35.5. The fraction of sp³-hybridized carbons (Fsp3) is 0.533. The average Bonchev–Trinajstić information content (AvgIpc) is 2.48. The predicted molar refractivity (Wildman–Crippen MR) is 79.2 cm³/mol. The van der Waals surface area contributed by atoms with Crippen molar-refractivity contribution < 1.29 is 9.47 Å². The van der Waals surface area contributed by atoms with Gasteiger partial charge >= 0.3 is 0 Å². The number of hydrogen-bond acceptors (Lipinski definition) is 4. The van der Waals surface area contributed by atoms with Crippen LogP contribution >= 0.6 is 11.6 Å². The zero-order valence-electron chi connectivity index (χ0n) is 11.6. The van der Waals surface area contributed by atoms with Gasteiger partial charge in [-0.15, -0.1) is 0 Å². The quantitative estimate of drug-likeness (QED) is 0.784. The summed E-state index contributed by atoms with van der Waals surface area (Å²) in [6, 6.07) is 7.69. The molecule has 0 aliphatic carbocycles. The number of anilines is 1. The van der Waals surface area contributed by atoms with Crippen molar-refractivity contribution in [3.63, 3.8) is 0 Å². The maximum Gasteiger partial charge on any atom is 0.101 e. The maximum absolute atomic E-state index is 9.19. The Labute approximate surface area is 124 Å².